The van der Waals surface area contributed by atoms with Gasteiger partial charge in [-0.3, -0.25) is 4.79 Å². The van der Waals surface area contributed by atoms with E-state index in [2.05, 4.69) is 49.3 Å². The molecule has 2 rings (SSSR count). The average Bonchev–Trinajstić information content (AvgIpc) is 3.09. The normalized spacial score (nSPS) is 13.0. The number of hydrogen-bond donors (Lipinski definition) is 2. The average molecular weight is 415 g/mol. The number of nitrogens with one attached hydrogen (secondary N) is 1. The number of benzene rings is 1. The number of nitrogens with zero attached hydrogens (tertiary/aromatic N) is 3. The molecule has 0 saturated carbocycles. The molecule has 0 aliphatic carbocycles. The second kappa shape index (κ2) is 10.2. The van der Waals surface area contributed by atoms with Crippen molar-refractivity contribution in [3.8, 4) is 0 Å². The van der Waals surface area contributed by atoms with E-state index in [1.165, 1.54) is 5.56 Å². The molecule has 6 heteroatoms. The second-order valence-corrected chi connectivity index (χ2v) is 9.60. The lowest BCUT2D eigenvalue weighted by atomic mass is 9.89. The molecule has 30 heavy (non-hydrogen) atoms. The van der Waals surface area contributed by atoms with Crippen molar-refractivity contribution in [1.29, 1.82) is 0 Å². The monoisotopic (exact) mass is 414 g/mol. The minimum atomic E-state index is -0.651. The summed E-state index contributed by atoms with van der Waals surface area (Å²) in [5, 5.41) is 22.2. The molecular formula is C24H38N4O2. The van der Waals surface area contributed by atoms with Gasteiger partial charge in [-0.25, -0.2) is 0 Å². The van der Waals surface area contributed by atoms with Crippen molar-refractivity contribution in [2.45, 2.75) is 92.7 Å². The molecular weight excluding hydrogens is 376 g/mol. The highest BCUT2D eigenvalue weighted by molar-refractivity contribution is 5.91. The third-order valence-corrected chi connectivity index (χ3v) is 5.32. The van der Waals surface area contributed by atoms with Gasteiger partial charge >= 0.3 is 0 Å². The van der Waals surface area contributed by atoms with Crippen LogP contribution in [0.25, 0.3) is 0 Å². The molecule has 0 spiro atoms. The number of carbonyl (C=O) groups excluding carboxylic acids is 1. The number of aromatic nitrogens is 3. The Balaban J connectivity index is 2.04. The maximum Gasteiger partial charge on any atom is 0.224 e. The Bertz CT molecular complexity index is 849. The van der Waals surface area contributed by atoms with Crippen molar-refractivity contribution in [3.63, 3.8) is 0 Å². The van der Waals surface area contributed by atoms with Crippen LogP contribution in [-0.2, 0) is 17.6 Å². The van der Waals surface area contributed by atoms with Crippen LogP contribution in [0.5, 0.6) is 0 Å². The van der Waals surface area contributed by atoms with Gasteiger partial charge in [0.25, 0.3) is 0 Å². The van der Waals surface area contributed by atoms with E-state index in [0.717, 1.165) is 29.9 Å². The fourth-order valence-corrected chi connectivity index (χ4v) is 3.52. The van der Waals surface area contributed by atoms with Crippen LogP contribution in [0, 0.1) is 12.3 Å². The number of aryl methyl sites for hydroxylation is 3. The lowest BCUT2D eigenvalue weighted by Crippen LogP contribution is -2.18. The van der Waals surface area contributed by atoms with Gasteiger partial charge in [0.15, 0.2) is 5.82 Å². The van der Waals surface area contributed by atoms with E-state index < -0.39 is 6.10 Å². The lowest BCUT2D eigenvalue weighted by molar-refractivity contribution is -0.116. The minimum absolute atomic E-state index is 0.0458. The summed E-state index contributed by atoms with van der Waals surface area (Å²) >= 11 is 0. The summed E-state index contributed by atoms with van der Waals surface area (Å²) < 4.78 is 1.97. The van der Waals surface area contributed by atoms with E-state index in [1.54, 1.807) is 0 Å². The third-order valence-electron chi connectivity index (χ3n) is 5.32. The number of anilines is 1. The van der Waals surface area contributed by atoms with E-state index >= 15 is 0 Å². The smallest absolute Gasteiger partial charge is 0.224 e. The van der Waals surface area contributed by atoms with E-state index in [-0.39, 0.29) is 17.4 Å². The van der Waals surface area contributed by atoms with Gasteiger partial charge in [-0.15, -0.1) is 10.2 Å². The van der Waals surface area contributed by atoms with Gasteiger partial charge in [0, 0.05) is 24.6 Å². The molecule has 0 aliphatic heterocycles. The molecule has 1 atom stereocenters. The first-order valence-electron chi connectivity index (χ1n) is 11.0. The Morgan fingerprint density at radius 2 is 1.93 bits per heavy atom. The number of amides is 1. The summed E-state index contributed by atoms with van der Waals surface area (Å²) in [5.41, 5.74) is 3.32. The predicted molar refractivity (Wildman–Crippen MR) is 122 cm³/mol. The molecule has 166 valence electrons. The van der Waals surface area contributed by atoms with Gasteiger partial charge in [0.2, 0.25) is 5.91 Å². The highest BCUT2D eigenvalue weighted by Gasteiger charge is 2.23. The molecule has 0 fully saturated rings. The number of carbonyl (C=O) groups is 1. The minimum Gasteiger partial charge on any atom is -0.385 e. The Morgan fingerprint density at radius 1 is 1.23 bits per heavy atom. The third kappa shape index (κ3) is 6.66. The van der Waals surface area contributed by atoms with Crippen LogP contribution in [0.4, 0.5) is 5.69 Å². The Labute approximate surface area is 181 Å². The van der Waals surface area contributed by atoms with Crippen LogP contribution < -0.4 is 5.32 Å². The molecule has 1 aromatic heterocycles. The van der Waals surface area contributed by atoms with Gasteiger partial charge in [-0.2, -0.15) is 0 Å². The van der Waals surface area contributed by atoms with E-state index in [9.17, 15) is 9.90 Å². The molecule has 0 aliphatic rings. The fraction of sp³-hybridized carbons (Fsp3) is 0.625. The zero-order valence-electron chi connectivity index (χ0n) is 19.6. The lowest BCUT2D eigenvalue weighted by Gasteiger charge is -2.21. The molecule has 0 saturated heterocycles. The van der Waals surface area contributed by atoms with Crippen molar-refractivity contribution < 1.29 is 9.90 Å². The molecule has 0 bridgehead atoms. The molecule has 1 unspecified atom stereocenters. The van der Waals surface area contributed by atoms with E-state index in [1.807, 2.05) is 37.5 Å². The first-order chi connectivity index (χ1) is 14.0. The van der Waals surface area contributed by atoms with E-state index in [4.69, 9.17) is 0 Å². The highest BCUT2D eigenvalue weighted by Crippen LogP contribution is 2.28. The number of rotatable bonds is 9. The molecule has 6 nitrogen and oxygen atoms in total. The van der Waals surface area contributed by atoms with Crippen LogP contribution in [-0.4, -0.2) is 25.8 Å². The molecule has 2 aromatic rings. The van der Waals surface area contributed by atoms with Gasteiger partial charge in [-0.05, 0) is 62.6 Å². The molecule has 2 N–H and O–H groups in total. The van der Waals surface area contributed by atoms with Crippen LogP contribution >= 0.6 is 0 Å². The summed E-state index contributed by atoms with van der Waals surface area (Å²) in [7, 11) is 0. The maximum absolute atomic E-state index is 12.5. The van der Waals surface area contributed by atoms with Crippen LogP contribution in [0.2, 0.25) is 0 Å². The van der Waals surface area contributed by atoms with Crippen molar-refractivity contribution >= 4 is 11.6 Å². The number of aliphatic hydroxyl groups excluding tert-OH is 1. The van der Waals surface area contributed by atoms with Gasteiger partial charge in [-0.1, -0.05) is 39.8 Å². The molecule has 0 radical (unpaired) electrons. The summed E-state index contributed by atoms with van der Waals surface area (Å²) in [5.74, 6) is 1.29. The highest BCUT2D eigenvalue weighted by atomic mass is 16.3. The fourth-order valence-electron chi connectivity index (χ4n) is 3.52. The Morgan fingerprint density at radius 3 is 2.50 bits per heavy atom. The predicted octanol–water partition coefficient (Wildman–Crippen LogP) is 5.16. The summed E-state index contributed by atoms with van der Waals surface area (Å²) in [6.07, 6.45) is 2.66. The van der Waals surface area contributed by atoms with Crippen LogP contribution in [0.1, 0.15) is 95.7 Å². The van der Waals surface area contributed by atoms with E-state index in [0.29, 0.717) is 25.1 Å². The second-order valence-electron chi connectivity index (χ2n) is 9.60. The van der Waals surface area contributed by atoms with Crippen molar-refractivity contribution in [2.75, 3.05) is 5.32 Å². The summed E-state index contributed by atoms with van der Waals surface area (Å²) in [4.78, 5) is 12.5. The SMILES string of the molecule is CCc1ccc(NC(=O)CCc2nnc(C(O)CCC(C)(C)C)n2C(C)C)c(C)c1. The maximum atomic E-state index is 12.5. The van der Waals surface area contributed by atoms with Crippen molar-refractivity contribution in [3.05, 3.63) is 41.0 Å². The zero-order valence-corrected chi connectivity index (χ0v) is 19.6. The first-order valence-corrected chi connectivity index (χ1v) is 11.0. The van der Waals surface area contributed by atoms with Crippen molar-refractivity contribution in [1.82, 2.24) is 14.8 Å². The van der Waals surface area contributed by atoms with Crippen LogP contribution in [0.15, 0.2) is 18.2 Å². The molecule has 1 heterocycles. The van der Waals surface area contributed by atoms with Gasteiger partial charge in [0.1, 0.15) is 11.9 Å². The standard InChI is InChI=1S/C24H38N4O2/c1-8-18-9-10-19(17(4)15-18)25-22(30)12-11-21-26-27-23(28(21)16(2)3)20(29)13-14-24(5,6)7/h9-10,15-16,20,29H,8,11-14H2,1-7H3,(H,25,30). The quantitative estimate of drug-likeness (QED) is 0.594. The Kier molecular flexibility index (Phi) is 8.18. The topological polar surface area (TPSA) is 80.0 Å². The number of aliphatic hydroxyl groups is 1. The zero-order chi connectivity index (χ0) is 22.5. The Hall–Kier alpha value is -2.21. The van der Waals surface area contributed by atoms with Gasteiger partial charge < -0.3 is 15.0 Å². The van der Waals surface area contributed by atoms with Gasteiger partial charge in [0.05, 0.1) is 0 Å². The summed E-state index contributed by atoms with van der Waals surface area (Å²) in [6.45, 7) is 14.7. The largest absolute Gasteiger partial charge is 0.385 e. The molecule has 1 amide bonds. The first kappa shape index (κ1) is 24.1. The van der Waals surface area contributed by atoms with Crippen LogP contribution in [0.3, 0.4) is 0 Å². The molecule has 1 aromatic carbocycles. The number of hydrogen-bond acceptors (Lipinski definition) is 4. The van der Waals surface area contributed by atoms with Crippen molar-refractivity contribution in [2.24, 2.45) is 5.41 Å². The summed E-state index contributed by atoms with van der Waals surface area (Å²) in [6, 6.07) is 6.23.